The molecule has 98 valence electrons. The molecule has 2 N–H and O–H groups in total. The van der Waals surface area contributed by atoms with E-state index in [-0.39, 0.29) is 23.7 Å². The third kappa shape index (κ3) is 3.09. The van der Waals surface area contributed by atoms with Gasteiger partial charge in [0.05, 0.1) is 5.92 Å². The zero-order chi connectivity index (χ0) is 13.1. The maximum atomic E-state index is 13.1. The first-order chi connectivity index (χ1) is 8.58. The van der Waals surface area contributed by atoms with Crippen LogP contribution >= 0.6 is 15.9 Å². The van der Waals surface area contributed by atoms with E-state index in [9.17, 15) is 9.18 Å². The molecule has 2 rings (SSSR count). The normalized spacial score (nSPS) is 23.1. The standard InChI is InChI=1S/C13H16BrFN2O/c1-8-11(4-5-16-8)13(18)17-7-9-6-10(15)2-3-12(9)14/h2-3,6,8,11,16H,4-5,7H2,1H3,(H,17,18). The predicted octanol–water partition coefficient (Wildman–Crippen LogP) is 2.20. The van der Waals surface area contributed by atoms with Gasteiger partial charge in [-0.25, -0.2) is 4.39 Å². The molecule has 1 aromatic carbocycles. The molecule has 0 bridgehead atoms. The smallest absolute Gasteiger partial charge is 0.224 e. The van der Waals surface area contributed by atoms with Crippen molar-refractivity contribution < 1.29 is 9.18 Å². The molecular formula is C13H16BrFN2O. The summed E-state index contributed by atoms with van der Waals surface area (Å²) < 4.78 is 13.9. The molecule has 0 spiro atoms. The van der Waals surface area contributed by atoms with Gasteiger partial charge in [0, 0.05) is 17.1 Å². The van der Waals surface area contributed by atoms with Crippen molar-refractivity contribution in [2.75, 3.05) is 6.54 Å². The zero-order valence-corrected chi connectivity index (χ0v) is 11.8. The van der Waals surface area contributed by atoms with E-state index in [0.717, 1.165) is 23.0 Å². The number of benzene rings is 1. The second kappa shape index (κ2) is 5.80. The highest BCUT2D eigenvalue weighted by atomic mass is 79.9. The topological polar surface area (TPSA) is 41.1 Å². The molecule has 2 unspecified atom stereocenters. The van der Waals surface area contributed by atoms with E-state index in [1.54, 1.807) is 6.07 Å². The van der Waals surface area contributed by atoms with Crippen molar-refractivity contribution >= 4 is 21.8 Å². The van der Waals surface area contributed by atoms with Crippen LogP contribution in [0.1, 0.15) is 18.9 Å². The fourth-order valence-electron chi connectivity index (χ4n) is 2.21. The second-order valence-electron chi connectivity index (χ2n) is 4.59. The summed E-state index contributed by atoms with van der Waals surface area (Å²) >= 11 is 3.35. The summed E-state index contributed by atoms with van der Waals surface area (Å²) in [6.45, 7) is 3.23. The molecule has 1 aromatic rings. The van der Waals surface area contributed by atoms with E-state index < -0.39 is 0 Å². The quantitative estimate of drug-likeness (QED) is 0.898. The highest BCUT2D eigenvalue weighted by Crippen LogP contribution is 2.19. The second-order valence-corrected chi connectivity index (χ2v) is 5.45. The van der Waals surface area contributed by atoms with Gasteiger partial charge < -0.3 is 10.6 Å². The largest absolute Gasteiger partial charge is 0.352 e. The summed E-state index contributed by atoms with van der Waals surface area (Å²) in [5.41, 5.74) is 0.752. The summed E-state index contributed by atoms with van der Waals surface area (Å²) in [6, 6.07) is 4.68. The van der Waals surface area contributed by atoms with Gasteiger partial charge in [0.15, 0.2) is 0 Å². The molecule has 1 saturated heterocycles. The predicted molar refractivity (Wildman–Crippen MR) is 71.5 cm³/mol. The van der Waals surface area contributed by atoms with Gasteiger partial charge >= 0.3 is 0 Å². The molecule has 2 atom stereocenters. The molecule has 1 heterocycles. The van der Waals surface area contributed by atoms with Crippen LogP contribution in [-0.2, 0) is 11.3 Å². The van der Waals surface area contributed by atoms with Gasteiger partial charge in [0.2, 0.25) is 5.91 Å². The Labute approximate surface area is 114 Å². The highest BCUT2D eigenvalue weighted by molar-refractivity contribution is 9.10. The first-order valence-electron chi connectivity index (χ1n) is 6.03. The Morgan fingerprint density at radius 3 is 3.06 bits per heavy atom. The number of carbonyl (C=O) groups excluding carboxylic acids is 1. The number of hydrogen-bond acceptors (Lipinski definition) is 2. The fourth-order valence-corrected chi connectivity index (χ4v) is 2.60. The van der Waals surface area contributed by atoms with Crippen LogP contribution in [0, 0.1) is 11.7 Å². The minimum Gasteiger partial charge on any atom is -0.352 e. The van der Waals surface area contributed by atoms with E-state index in [1.165, 1.54) is 12.1 Å². The minimum absolute atomic E-state index is 0.0114. The average Bonchev–Trinajstić information content (AvgIpc) is 2.76. The lowest BCUT2D eigenvalue weighted by molar-refractivity contribution is -0.125. The molecule has 5 heteroatoms. The summed E-state index contributed by atoms with van der Waals surface area (Å²) in [5.74, 6) is -0.251. The number of carbonyl (C=O) groups is 1. The van der Waals surface area contributed by atoms with Crippen LogP contribution in [0.15, 0.2) is 22.7 Å². The molecular weight excluding hydrogens is 299 g/mol. The summed E-state index contributed by atoms with van der Waals surface area (Å²) in [7, 11) is 0. The van der Waals surface area contributed by atoms with Crippen molar-refractivity contribution in [3.05, 3.63) is 34.1 Å². The van der Waals surface area contributed by atoms with Gasteiger partial charge in [-0.15, -0.1) is 0 Å². The third-order valence-corrected chi connectivity index (χ3v) is 4.10. The Bertz CT molecular complexity index is 453. The molecule has 3 nitrogen and oxygen atoms in total. The first kappa shape index (κ1) is 13.5. The van der Waals surface area contributed by atoms with Crippen molar-refractivity contribution in [2.45, 2.75) is 25.9 Å². The van der Waals surface area contributed by atoms with Crippen molar-refractivity contribution in [3.63, 3.8) is 0 Å². The van der Waals surface area contributed by atoms with Gasteiger partial charge in [0.1, 0.15) is 5.82 Å². The zero-order valence-electron chi connectivity index (χ0n) is 10.2. The molecule has 1 aliphatic heterocycles. The minimum atomic E-state index is -0.293. The van der Waals surface area contributed by atoms with E-state index >= 15 is 0 Å². The lowest BCUT2D eigenvalue weighted by Crippen LogP contribution is -2.36. The van der Waals surface area contributed by atoms with Crippen molar-refractivity contribution in [2.24, 2.45) is 5.92 Å². The molecule has 0 aromatic heterocycles. The molecule has 18 heavy (non-hydrogen) atoms. The monoisotopic (exact) mass is 314 g/mol. The van der Waals surface area contributed by atoms with Crippen LogP contribution in [0.5, 0.6) is 0 Å². The molecule has 0 aliphatic carbocycles. The maximum Gasteiger partial charge on any atom is 0.224 e. The summed E-state index contributed by atoms with van der Waals surface area (Å²) in [4.78, 5) is 12.0. The molecule has 1 aliphatic rings. The van der Waals surface area contributed by atoms with Crippen molar-refractivity contribution in [3.8, 4) is 0 Å². The number of amides is 1. The SMILES string of the molecule is CC1NCCC1C(=O)NCc1cc(F)ccc1Br. The highest BCUT2D eigenvalue weighted by Gasteiger charge is 2.29. The van der Waals surface area contributed by atoms with Gasteiger partial charge in [-0.1, -0.05) is 15.9 Å². The molecule has 1 amide bonds. The van der Waals surface area contributed by atoms with E-state index in [2.05, 4.69) is 26.6 Å². The van der Waals surface area contributed by atoms with Crippen LogP contribution in [-0.4, -0.2) is 18.5 Å². The molecule has 1 fully saturated rings. The first-order valence-corrected chi connectivity index (χ1v) is 6.82. The van der Waals surface area contributed by atoms with Crippen molar-refractivity contribution in [1.82, 2.24) is 10.6 Å². The average molecular weight is 315 g/mol. The lowest BCUT2D eigenvalue weighted by Gasteiger charge is -2.15. The van der Waals surface area contributed by atoms with Gasteiger partial charge in [-0.05, 0) is 43.7 Å². The van der Waals surface area contributed by atoms with Crippen LogP contribution in [0.4, 0.5) is 4.39 Å². The molecule has 0 saturated carbocycles. The Morgan fingerprint density at radius 2 is 2.39 bits per heavy atom. The Kier molecular flexibility index (Phi) is 4.35. The van der Waals surface area contributed by atoms with Crippen LogP contribution in [0.25, 0.3) is 0 Å². The summed E-state index contributed by atoms with van der Waals surface area (Å²) in [6.07, 6.45) is 0.858. The fraction of sp³-hybridized carbons (Fsp3) is 0.462. The van der Waals surface area contributed by atoms with Crippen LogP contribution < -0.4 is 10.6 Å². The van der Waals surface area contributed by atoms with Crippen molar-refractivity contribution in [1.29, 1.82) is 0 Å². The van der Waals surface area contributed by atoms with Gasteiger partial charge in [0.25, 0.3) is 0 Å². The van der Waals surface area contributed by atoms with E-state index in [1.807, 2.05) is 6.92 Å². The number of nitrogens with one attached hydrogen (secondary N) is 2. The Balaban J connectivity index is 1.95. The number of hydrogen-bond donors (Lipinski definition) is 2. The van der Waals surface area contributed by atoms with E-state index in [0.29, 0.717) is 6.54 Å². The third-order valence-electron chi connectivity index (χ3n) is 3.32. The van der Waals surface area contributed by atoms with Crippen LogP contribution in [0.2, 0.25) is 0 Å². The Hall–Kier alpha value is -0.940. The Morgan fingerprint density at radius 1 is 1.61 bits per heavy atom. The molecule has 0 radical (unpaired) electrons. The number of halogens is 2. The van der Waals surface area contributed by atoms with Crippen LogP contribution in [0.3, 0.4) is 0 Å². The summed E-state index contributed by atoms with van der Waals surface area (Å²) in [5, 5.41) is 6.10. The lowest BCUT2D eigenvalue weighted by atomic mass is 10.0. The van der Waals surface area contributed by atoms with Gasteiger partial charge in [-0.3, -0.25) is 4.79 Å². The number of rotatable bonds is 3. The van der Waals surface area contributed by atoms with E-state index in [4.69, 9.17) is 0 Å². The van der Waals surface area contributed by atoms with Gasteiger partial charge in [-0.2, -0.15) is 0 Å². The maximum absolute atomic E-state index is 13.1.